The molecule has 20 heavy (non-hydrogen) atoms. The summed E-state index contributed by atoms with van der Waals surface area (Å²) in [5.41, 5.74) is 1.93. The minimum atomic E-state index is -0.222. The molecule has 1 N–H and O–H groups in total. The van der Waals surface area contributed by atoms with Gasteiger partial charge in [0, 0.05) is 32.1 Å². The Morgan fingerprint density at radius 3 is 3.00 bits per heavy atom. The second-order valence-corrected chi connectivity index (χ2v) is 5.39. The zero-order valence-corrected chi connectivity index (χ0v) is 12.0. The molecule has 4 heteroatoms. The van der Waals surface area contributed by atoms with Gasteiger partial charge in [0.1, 0.15) is 11.4 Å². The van der Waals surface area contributed by atoms with Gasteiger partial charge >= 0.3 is 0 Å². The maximum absolute atomic E-state index is 5.63. The smallest absolute Gasteiger partial charge is 0.129 e. The van der Waals surface area contributed by atoms with Gasteiger partial charge in [0.15, 0.2) is 0 Å². The fourth-order valence-corrected chi connectivity index (χ4v) is 2.61. The van der Waals surface area contributed by atoms with Gasteiger partial charge in [-0.3, -0.25) is 0 Å². The van der Waals surface area contributed by atoms with E-state index < -0.39 is 0 Å². The molecule has 106 valence electrons. The number of rotatable bonds is 4. The van der Waals surface area contributed by atoms with E-state index in [0.29, 0.717) is 6.61 Å². The van der Waals surface area contributed by atoms with Crippen molar-refractivity contribution in [3.05, 3.63) is 35.9 Å². The largest absolute Gasteiger partial charge is 0.378 e. The van der Waals surface area contributed by atoms with Crippen molar-refractivity contribution < 1.29 is 9.47 Å². The topological polar surface area (TPSA) is 43.4 Å². The molecule has 1 fully saturated rings. The molecule has 0 spiro atoms. The summed E-state index contributed by atoms with van der Waals surface area (Å²) in [5.74, 6) is 0.923. The van der Waals surface area contributed by atoms with Crippen LogP contribution >= 0.6 is 0 Å². The standard InChI is InChI=1S/C16H20N2O2/c1-12-9-13-5-3-4-6-14(13)18-15(12)17-10-16(19-2)7-8-20-11-16/h3-6,9H,7-8,10-11H2,1-2H3,(H,17,18). The summed E-state index contributed by atoms with van der Waals surface area (Å²) >= 11 is 0. The molecule has 0 radical (unpaired) electrons. The molecule has 3 rings (SSSR count). The second-order valence-electron chi connectivity index (χ2n) is 5.39. The molecule has 1 aromatic carbocycles. The second kappa shape index (κ2) is 5.38. The molecule has 1 atom stereocenters. The molecular formula is C16H20N2O2. The monoisotopic (exact) mass is 272 g/mol. The lowest BCUT2D eigenvalue weighted by Gasteiger charge is -2.26. The van der Waals surface area contributed by atoms with E-state index in [-0.39, 0.29) is 5.60 Å². The van der Waals surface area contributed by atoms with E-state index in [1.807, 2.05) is 18.2 Å². The van der Waals surface area contributed by atoms with Crippen molar-refractivity contribution >= 4 is 16.7 Å². The first kappa shape index (κ1) is 13.3. The van der Waals surface area contributed by atoms with Crippen LogP contribution in [0.25, 0.3) is 10.9 Å². The number of hydrogen-bond acceptors (Lipinski definition) is 4. The number of fused-ring (bicyclic) bond motifs is 1. The van der Waals surface area contributed by atoms with Crippen LogP contribution in [0.1, 0.15) is 12.0 Å². The fourth-order valence-electron chi connectivity index (χ4n) is 2.61. The van der Waals surface area contributed by atoms with Crippen molar-refractivity contribution in [3.63, 3.8) is 0 Å². The number of anilines is 1. The van der Waals surface area contributed by atoms with E-state index >= 15 is 0 Å². The minimum Gasteiger partial charge on any atom is -0.378 e. The molecule has 0 aliphatic carbocycles. The van der Waals surface area contributed by atoms with Crippen molar-refractivity contribution in [2.45, 2.75) is 18.9 Å². The number of nitrogens with one attached hydrogen (secondary N) is 1. The average Bonchev–Trinajstić information content (AvgIpc) is 2.94. The number of methoxy groups -OCH3 is 1. The van der Waals surface area contributed by atoms with Crippen LogP contribution in [0.15, 0.2) is 30.3 Å². The predicted molar refractivity (Wildman–Crippen MR) is 80.1 cm³/mol. The Hall–Kier alpha value is -1.65. The van der Waals surface area contributed by atoms with Crippen molar-refractivity contribution in [2.75, 3.05) is 32.2 Å². The lowest BCUT2D eigenvalue weighted by Crippen LogP contribution is -2.39. The predicted octanol–water partition coefficient (Wildman–Crippen LogP) is 2.76. The third-order valence-electron chi connectivity index (χ3n) is 3.99. The van der Waals surface area contributed by atoms with Crippen molar-refractivity contribution in [1.29, 1.82) is 0 Å². The Kier molecular flexibility index (Phi) is 3.59. The molecular weight excluding hydrogens is 252 g/mol. The summed E-state index contributed by atoms with van der Waals surface area (Å²) in [5, 5.41) is 4.59. The number of pyridine rings is 1. The molecule has 1 unspecified atom stereocenters. The number of aromatic nitrogens is 1. The van der Waals surface area contributed by atoms with Gasteiger partial charge in [0.05, 0.1) is 12.1 Å². The van der Waals surface area contributed by atoms with Gasteiger partial charge in [0.2, 0.25) is 0 Å². The number of para-hydroxylation sites is 1. The van der Waals surface area contributed by atoms with E-state index in [0.717, 1.165) is 36.5 Å². The Labute approximate surface area is 119 Å². The molecule has 4 nitrogen and oxygen atoms in total. The normalized spacial score (nSPS) is 22.3. The first-order chi connectivity index (χ1) is 9.72. The first-order valence-electron chi connectivity index (χ1n) is 6.96. The minimum absolute atomic E-state index is 0.222. The van der Waals surface area contributed by atoms with E-state index in [2.05, 4.69) is 24.4 Å². The SMILES string of the molecule is COC1(CNc2nc3ccccc3cc2C)CCOC1. The summed E-state index contributed by atoms with van der Waals surface area (Å²) in [6.07, 6.45) is 0.920. The molecule has 1 saturated heterocycles. The van der Waals surface area contributed by atoms with Crippen LogP contribution in [-0.2, 0) is 9.47 Å². The molecule has 2 heterocycles. The van der Waals surface area contributed by atoms with Crippen LogP contribution in [0.3, 0.4) is 0 Å². The van der Waals surface area contributed by atoms with Gasteiger partial charge in [-0.15, -0.1) is 0 Å². The van der Waals surface area contributed by atoms with Gasteiger partial charge in [0.25, 0.3) is 0 Å². The number of ether oxygens (including phenoxy) is 2. The van der Waals surface area contributed by atoms with Gasteiger partial charge in [-0.25, -0.2) is 4.98 Å². The summed E-state index contributed by atoms with van der Waals surface area (Å²) in [6, 6.07) is 10.3. The van der Waals surface area contributed by atoms with Crippen molar-refractivity contribution in [3.8, 4) is 0 Å². The molecule has 1 aromatic heterocycles. The fraction of sp³-hybridized carbons (Fsp3) is 0.438. The van der Waals surface area contributed by atoms with Gasteiger partial charge in [-0.1, -0.05) is 18.2 Å². The van der Waals surface area contributed by atoms with Crippen molar-refractivity contribution in [2.24, 2.45) is 0 Å². The Morgan fingerprint density at radius 1 is 1.40 bits per heavy atom. The highest BCUT2D eigenvalue weighted by molar-refractivity contribution is 5.81. The summed E-state index contributed by atoms with van der Waals surface area (Å²) in [7, 11) is 1.75. The zero-order chi connectivity index (χ0) is 14.0. The third-order valence-corrected chi connectivity index (χ3v) is 3.99. The highest BCUT2D eigenvalue weighted by Gasteiger charge is 2.34. The van der Waals surface area contributed by atoms with Crippen molar-refractivity contribution in [1.82, 2.24) is 4.98 Å². The number of nitrogens with zero attached hydrogens (tertiary/aromatic N) is 1. The lowest BCUT2D eigenvalue weighted by molar-refractivity contribution is -0.00625. The van der Waals surface area contributed by atoms with E-state index in [1.165, 1.54) is 5.39 Å². The molecule has 1 aliphatic heterocycles. The first-order valence-corrected chi connectivity index (χ1v) is 6.96. The van der Waals surface area contributed by atoms with Crippen LogP contribution in [0.4, 0.5) is 5.82 Å². The maximum Gasteiger partial charge on any atom is 0.129 e. The zero-order valence-electron chi connectivity index (χ0n) is 12.0. The number of hydrogen-bond donors (Lipinski definition) is 1. The molecule has 0 amide bonds. The molecule has 2 aromatic rings. The van der Waals surface area contributed by atoms with Crippen LogP contribution < -0.4 is 5.32 Å². The Balaban J connectivity index is 1.81. The van der Waals surface area contributed by atoms with Gasteiger partial charge in [-0.05, 0) is 24.6 Å². The Bertz CT molecular complexity index is 606. The maximum atomic E-state index is 5.63. The molecule has 0 saturated carbocycles. The summed E-state index contributed by atoms with van der Waals surface area (Å²) in [4.78, 5) is 4.69. The summed E-state index contributed by atoms with van der Waals surface area (Å²) < 4.78 is 11.1. The van der Waals surface area contributed by atoms with Gasteiger partial charge < -0.3 is 14.8 Å². The van der Waals surface area contributed by atoms with Crippen LogP contribution in [0.5, 0.6) is 0 Å². The Morgan fingerprint density at radius 2 is 2.25 bits per heavy atom. The number of aryl methyl sites for hydroxylation is 1. The van der Waals surface area contributed by atoms with E-state index in [4.69, 9.17) is 14.5 Å². The highest BCUT2D eigenvalue weighted by atomic mass is 16.5. The highest BCUT2D eigenvalue weighted by Crippen LogP contribution is 2.25. The quantitative estimate of drug-likeness (QED) is 0.929. The molecule has 0 bridgehead atoms. The van der Waals surface area contributed by atoms with Crippen LogP contribution in [0, 0.1) is 6.92 Å². The summed E-state index contributed by atoms with van der Waals surface area (Å²) in [6.45, 7) is 4.20. The van der Waals surface area contributed by atoms with Gasteiger partial charge in [-0.2, -0.15) is 0 Å². The van der Waals surface area contributed by atoms with Crippen LogP contribution in [-0.4, -0.2) is 37.5 Å². The molecule has 1 aliphatic rings. The third kappa shape index (κ3) is 2.49. The lowest BCUT2D eigenvalue weighted by atomic mass is 10.0. The average molecular weight is 272 g/mol. The van der Waals surface area contributed by atoms with E-state index in [1.54, 1.807) is 7.11 Å². The van der Waals surface area contributed by atoms with Crippen LogP contribution in [0.2, 0.25) is 0 Å². The van der Waals surface area contributed by atoms with E-state index in [9.17, 15) is 0 Å². The number of benzene rings is 1.